The van der Waals surface area contributed by atoms with Gasteiger partial charge in [0, 0.05) is 18.6 Å². The molecule has 0 aromatic carbocycles. The topological polar surface area (TPSA) is 23.2 Å². The lowest BCUT2D eigenvalue weighted by Crippen LogP contribution is -2.18. The maximum atomic E-state index is 8.72. The molecule has 2 saturated heterocycles. The van der Waals surface area contributed by atoms with Gasteiger partial charge in [-0.2, -0.15) is 0 Å². The number of hydrogen-bond donors (Lipinski definition) is 1. The van der Waals surface area contributed by atoms with E-state index in [9.17, 15) is 0 Å². The third-order valence-electron chi connectivity index (χ3n) is 2.27. The molecule has 2 aliphatic heterocycles. The molecule has 1 N–H and O–H groups in total. The van der Waals surface area contributed by atoms with Crippen LogP contribution in [-0.4, -0.2) is 35.2 Å². The van der Waals surface area contributed by atoms with Gasteiger partial charge in [-0.05, 0) is 12.8 Å². The second kappa shape index (κ2) is 1.45. The lowest BCUT2D eigenvalue weighted by molar-refractivity contribution is 0.215. The predicted molar refractivity (Wildman–Crippen MR) is 30.6 cm³/mol. The van der Waals surface area contributed by atoms with Crippen LogP contribution in [0.15, 0.2) is 0 Å². The zero-order valence-corrected chi connectivity index (χ0v) is 4.88. The van der Waals surface area contributed by atoms with Crippen LogP contribution in [0.1, 0.15) is 12.8 Å². The SMILES string of the molecule is OCC1CCC2CN12. The Labute approximate surface area is 49.1 Å². The molecule has 0 spiro atoms. The van der Waals surface area contributed by atoms with Crippen LogP contribution in [0.2, 0.25) is 0 Å². The molecule has 0 saturated carbocycles. The molecular formula is C6H11NO. The summed E-state index contributed by atoms with van der Waals surface area (Å²) in [5.74, 6) is 0. The minimum absolute atomic E-state index is 0.372. The fraction of sp³-hybridized carbons (Fsp3) is 1.00. The van der Waals surface area contributed by atoms with E-state index in [0.29, 0.717) is 12.6 Å². The fourth-order valence-electron chi connectivity index (χ4n) is 1.65. The zero-order chi connectivity index (χ0) is 5.56. The van der Waals surface area contributed by atoms with Gasteiger partial charge in [0.05, 0.1) is 6.61 Å². The molecule has 8 heavy (non-hydrogen) atoms. The molecule has 46 valence electrons. The van der Waals surface area contributed by atoms with Crippen molar-refractivity contribution in [2.24, 2.45) is 0 Å². The first-order valence-electron chi connectivity index (χ1n) is 3.28. The summed E-state index contributed by atoms with van der Waals surface area (Å²) in [6.07, 6.45) is 2.55. The van der Waals surface area contributed by atoms with Gasteiger partial charge in [0.25, 0.3) is 0 Å². The molecule has 2 aliphatic rings. The van der Waals surface area contributed by atoms with E-state index in [4.69, 9.17) is 5.11 Å². The third-order valence-corrected chi connectivity index (χ3v) is 2.27. The molecule has 3 unspecified atom stereocenters. The number of aliphatic hydroxyl groups is 1. The number of fused-ring (bicyclic) bond motifs is 1. The molecule has 0 bridgehead atoms. The van der Waals surface area contributed by atoms with Gasteiger partial charge >= 0.3 is 0 Å². The minimum Gasteiger partial charge on any atom is -0.395 e. The quantitative estimate of drug-likeness (QED) is 0.477. The molecular weight excluding hydrogens is 102 g/mol. The first-order chi connectivity index (χ1) is 3.92. The van der Waals surface area contributed by atoms with E-state index < -0.39 is 0 Å². The lowest BCUT2D eigenvalue weighted by atomic mass is 10.2. The molecule has 2 heteroatoms. The van der Waals surface area contributed by atoms with Gasteiger partial charge in [-0.1, -0.05) is 0 Å². The molecule has 0 amide bonds. The largest absolute Gasteiger partial charge is 0.395 e. The number of piperidine rings is 1. The summed E-state index contributed by atoms with van der Waals surface area (Å²) in [5.41, 5.74) is 0. The van der Waals surface area contributed by atoms with Crippen molar-refractivity contribution in [1.29, 1.82) is 0 Å². The normalized spacial score (nSPS) is 51.4. The molecule has 2 rings (SSSR count). The summed E-state index contributed by atoms with van der Waals surface area (Å²) in [4.78, 5) is 2.38. The van der Waals surface area contributed by atoms with Crippen molar-refractivity contribution in [3.05, 3.63) is 0 Å². The van der Waals surface area contributed by atoms with Crippen LogP contribution in [0.3, 0.4) is 0 Å². The Morgan fingerprint density at radius 2 is 2.38 bits per heavy atom. The highest BCUT2D eigenvalue weighted by Crippen LogP contribution is 2.34. The van der Waals surface area contributed by atoms with E-state index in [2.05, 4.69) is 4.90 Å². The second-order valence-corrected chi connectivity index (χ2v) is 2.76. The minimum atomic E-state index is 0.372. The van der Waals surface area contributed by atoms with E-state index in [1.54, 1.807) is 0 Å². The van der Waals surface area contributed by atoms with E-state index in [-0.39, 0.29) is 0 Å². The maximum absolute atomic E-state index is 8.72. The van der Waals surface area contributed by atoms with Crippen LogP contribution in [-0.2, 0) is 0 Å². The Balaban J connectivity index is 1.97. The summed E-state index contributed by atoms with van der Waals surface area (Å²) in [7, 11) is 0. The van der Waals surface area contributed by atoms with Gasteiger partial charge in [-0.15, -0.1) is 0 Å². The predicted octanol–water partition coefficient (Wildman–Crippen LogP) is -0.175. The first-order valence-corrected chi connectivity index (χ1v) is 3.28. The van der Waals surface area contributed by atoms with E-state index in [1.807, 2.05) is 0 Å². The summed E-state index contributed by atoms with van der Waals surface area (Å²) in [5, 5.41) is 8.72. The Kier molecular flexibility index (Phi) is 0.866. The van der Waals surface area contributed by atoms with Gasteiger partial charge in [-0.3, -0.25) is 4.90 Å². The van der Waals surface area contributed by atoms with Crippen molar-refractivity contribution < 1.29 is 5.11 Å². The summed E-state index contributed by atoms with van der Waals surface area (Å²) in [6.45, 7) is 1.63. The zero-order valence-electron chi connectivity index (χ0n) is 4.88. The van der Waals surface area contributed by atoms with Crippen molar-refractivity contribution in [3.8, 4) is 0 Å². The highest BCUT2D eigenvalue weighted by atomic mass is 16.3. The fourth-order valence-corrected chi connectivity index (χ4v) is 1.65. The van der Waals surface area contributed by atoms with Crippen LogP contribution in [0.4, 0.5) is 0 Å². The first kappa shape index (κ1) is 4.77. The van der Waals surface area contributed by atoms with Crippen LogP contribution in [0.25, 0.3) is 0 Å². The molecule has 0 aromatic rings. The molecule has 3 atom stereocenters. The van der Waals surface area contributed by atoms with E-state index in [0.717, 1.165) is 6.04 Å². The van der Waals surface area contributed by atoms with Crippen molar-refractivity contribution in [2.75, 3.05) is 13.2 Å². The second-order valence-electron chi connectivity index (χ2n) is 2.76. The van der Waals surface area contributed by atoms with Crippen LogP contribution in [0.5, 0.6) is 0 Å². The van der Waals surface area contributed by atoms with E-state index >= 15 is 0 Å². The van der Waals surface area contributed by atoms with Gasteiger partial charge < -0.3 is 5.11 Å². The number of aliphatic hydroxyl groups excluding tert-OH is 1. The Morgan fingerprint density at radius 1 is 1.50 bits per heavy atom. The third kappa shape index (κ3) is 0.501. The highest BCUT2D eigenvalue weighted by molar-refractivity contribution is 5.00. The van der Waals surface area contributed by atoms with Crippen molar-refractivity contribution in [2.45, 2.75) is 24.9 Å². The van der Waals surface area contributed by atoms with Gasteiger partial charge in [0.15, 0.2) is 0 Å². The van der Waals surface area contributed by atoms with Gasteiger partial charge in [0.2, 0.25) is 0 Å². The van der Waals surface area contributed by atoms with Crippen molar-refractivity contribution in [1.82, 2.24) is 4.90 Å². The Hall–Kier alpha value is -0.0800. The molecule has 2 fully saturated rings. The maximum Gasteiger partial charge on any atom is 0.0587 e. The van der Waals surface area contributed by atoms with Crippen molar-refractivity contribution in [3.63, 3.8) is 0 Å². The summed E-state index contributed by atoms with van der Waals surface area (Å²) >= 11 is 0. The van der Waals surface area contributed by atoms with Crippen LogP contribution < -0.4 is 0 Å². The molecule has 0 aliphatic carbocycles. The Morgan fingerprint density at radius 3 is 2.62 bits per heavy atom. The monoisotopic (exact) mass is 113 g/mol. The number of hydrogen-bond acceptors (Lipinski definition) is 2. The summed E-state index contributed by atoms with van der Waals surface area (Å²) in [6, 6.07) is 1.40. The average molecular weight is 113 g/mol. The van der Waals surface area contributed by atoms with E-state index in [1.165, 1.54) is 19.4 Å². The lowest BCUT2D eigenvalue weighted by Gasteiger charge is -2.06. The number of nitrogens with zero attached hydrogens (tertiary/aromatic N) is 1. The standard InChI is InChI=1S/C6H11NO/c8-4-6-2-1-5-3-7(5)6/h5-6,8H,1-4H2. The smallest absolute Gasteiger partial charge is 0.0587 e. The number of rotatable bonds is 1. The van der Waals surface area contributed by atoms with Crippen molar-refractivity contribution >= 4 is 0 Å². The van der Waals surface area contributed by atoms with Crippen LogP contribution in [0, 0.1) is 0 Å². The summed E-state index contributed by atoms with van der Waals surface area (Å²) < 4.78 is 0. The molecule has 0 radical (unpaired) electrons. The Bertz CT molecular complexity index is 105. The van der Waals surface area contributed by atoms with Gasteiger partial charge in [0.1, 0.15) is 0 Å². The molecule has 2 nitrogen and oxygen atoms in total. The average Bonchev–Trinajstić information content (AvgIpc) is 2.46. The van der Waals surface area contributed by atoms with Crippen LogP contribution >= 0.6 is 0 Å². The molecule has 2 heterocycles. The highest BCUT2D eigenvalue weighted by Gasteiger charge is 2.44. The molecule has 0 aromatic heterocycles. The van der Waals surface area contributed by atoms with Gasteiger partial charge in [-0.25, -0.2) is 0 Å².